The molecule has 2 aromatic heterocycles. The summed E-state index contributed by atoms with van der Waals surface area (Å²) in [4.78, 5) is 18.4. The van der Waals surface area contributed by atoms with Crippen LogP contribution in [0.25, 0.3) is 16.9 Å². The summed E-state index contributed by atoms with van der Waals surface area (Å²) in [6.07, 6.45) is 1.84. The third kappa shape index (κ3) is 3.32. The van der Waals surface area contributed by atoms with Gasteiger partial charge in [-0.15, -0.1) is 0 Å². The van der Waals surface area contributed by atoms with E-state index in [-0.39, 0.29) is 19.1 Å². The normalized spacial score (nSPS) is 13.5. The molecule has 1 aromatic carbocycles. The van der Waals surface area contributed by atoms with Crippen LogP contribution in [0.2, 0.25) is 0 Å². The number of amides is 1. The maximum absolute atomic E-state index is 11.6. The Balaban J connectivity index is 1.83. The zero-order valence-corrected chi connectivity index (χ0v) is 15.0. The molecule has 1 aliphatic heterocycles. The van der Waals surface area contributed by atoms with E-state index in [0.29, 0.717) is 30.2 Å². The topological polar surface area (TPSA) is 105 Å². The molecule has 4 rings (SSSR count). The van der Waals surface area contributed by atoms with Gasteiger partial charge in [0, 0.05) is 30.5 Å². The first-order chi connectivity index (χ1) is 13.0. The average Bonchev–Trinajstić information content (AvgIpc) is 2.99. The Morgan fingerprint density at radius 1 is 1.37 bits per heavy atom. The summed E-state index contributed by atoms with van der Waals surface area (Å²) in [5, 5.41) is 12.1. The molecule has 1 amide bonds. The highest BCUT2D eigenvalue weighted by Crippen LogP contribution is 2.34. The standard InChI is InChI=1S/C19H21N5O3/c1-23(6-7-25)10-15-19(22-17-5-3-13(20)9-24(15)17)12-2-4-16-14(8-12)21-18(26)11-27-16/h2-5,8-9,25H,6-7,10-11,20H2,1H3,(H,21,26). The summed E-state index contributed by atoms with van der Waals surface area (Å²) in [5.41, 5.74) is 10.7. The molecule has 3 heterocycles. The molecule has 1 aliphatic rings. The van der Waals surface area contributed by atoms with E-state index in [1.165, 1.54) is 0 Å². The van der Waals surface area contributed by atoms with Crippen molar-refractivity contribution in [2.45, 2.75) is 6.54 Å². The number of ether oxygens (including phenoxy) is 1. The molecule has 0 bridgehead atoms. The van der Waals surface area contributed by atoms with Gasteiger partial charge in [-0.2, -0.15) is 0 Å². The first-order valence-electron chi connectivity index (χ1n) is 8.68. The Morgan fingerprint density at radius 3 is 3.04 bits per heavy atom. The third-order valence-corrected chi connectivity index (χ3v) is 4.53. The highest BCUT2D eigenvalue weighted by atomic mass is 16.5. The highest BCUT2D eigenvalue weighted by Gasteiger charge is 2.20. The number of benzene rings is 1. The first kappa shape index (κ1) is 17.3. The van der Waals surface area contributed by atoms with Gasteiger partial charge in [0.2, 0.25) is 0 Å². The fourth-order valence-corrected chi connectivity index (χ4v) is 3.23. The SMILES string of the molecule is CN(CCO)Cc1c(-c2ccc3c(c2)NC(=O)CO3)nc2ccc(N)cn12. The van der Waals surface area contributed by atoms with E-state index in [4.69, 9.17) is 15.5 Å². The molecular weight excluding hydrogens is 346 g/mol. The zero-order valence-electron chi connectivity index (χ0n) is 15.0. The quantitative estimate of drug-likeness (QED) is 0.628. The molecule has 0 aliphatic carbocycles. The van der Waals surface area contributed by atoms with Crippen LogP contribution >= 0.6 is 0 Å². The molecule has 140 valence electrons. The number of likely N-dealkylation sites (N-methyl/N-ethyl adjacent to an activating group) is 1. The number of pyridine rings is 1. The Hall–Kier alpha value is -3.10. The lowest BCUT2D eigenvalue weighted by molar-refractivity contribution is -0.118. The van der Waals surface area contributed by atoms with Gasteiger partial charge in [0.25, 0.3) is 5.91 Å². The van der Waals surface area contributed by atoms with Gasteiger partial charge in [0.1, 0.15) is 11.4 Å². The fourth-order valence-electron chi connectivity index (χ4n) is 3.23. The molecule has 4 N–H and O–H groups in total. The molecule has 0 saturated heterocycles. The van der Waals surface area contributed by atoms with Crippen molar-refractivity contribution >= 4 is 22.9 Å². The number of nitrogens with two attached hydrogens (primary N) is 1. The number of hydrogen-bond donors (Lipinski definition) is 3. The Bertz CT molecular complexity index is 1010. The number of carbonyl (C=O) groups is 1. The predicted octanol–water partition coefficient (Wildman–Crippen LogP) is 1.34. The van der Waals surface area contributed by atoms with Gasteiger partial charge in [-0.1, -0.05) is 0 Å². The van der Waals surface area contributed by atoms with E-state index < -0.39 is 0 Å². The van der Waals surface area contributed by atoms with Crippen molar-refractivity contribution in [2.75, 3.05) is 37.9 Å². The minimum atomic E-state index is -0.176. The number of fused-ring (bicyclic) bond motifs is 2. The number of aliphatic hydroxyl groups excluding tert-OH is 1. The third-order valence-electron chi connectivity index (χ3n) is 4.53. The number of hydrogen-bond acceptors (Lipinski definition) is 6. The number of carbonyl (C=O) groups excluding carboxylic acids is 1. The number of rotatable bonds is 5. The van der Waals surface area contributed by atoms with Crippen molar-refractivity contribution in [1.82, 2.24) is 14.3 Å². The van der Waals surface area contributed by atoms with E-state index in [1.807, 2.05) is 52.9 Å². The number of anilines is 2. The number of aromatic nitrogens is 2. The van der Waals surface area contributed by atoms with Crippen molar-refractivity contribution < 1.29 is 14.6 Å². The lowest BCUT2D eigenvalue weighted by Gasteiger charge is -2.19. The van der Waals surface area contributed by atoms with Crippen LogP contribution in [0, 0.1) is 0 Å². The van der Waals surface area contributed by atoms with E-state index >= 15 is 0 Å². The van der Waals surface area contributed by atoms with Crippen LogP contribution in [0.5, 0.6) is 5.75 Å². The number of nitrogen functional groups attached to an aromatic ring is 1. The summed E-state index contributed by atoms with van der Waals surface area (Å²) < 4.78 is 7.40. The second-order valence-corrected chi connectivity index (χ2v) is 6.61. The monoisotopic (exact) mass is 367 g/mol. The lowest BCUT2D eigenvalue weighted by Crippen LogP contribution is -2.25. The van der Waals surface area contributed by atoms with Gasteiger partial charge >= 0.3 is 0 Å². The minimum Gasteiger partial charge on any atom is -0.482 e. The van der Waals surface area contributed by atoms with Crippen LogP contribution in [-0.4, -0.2) is 52.1 Å². The fraction of sp³-hybridized carbons (Fsp3) is 0.263. The molecule has 0 fully saturated rings. The molecular formula is C19H21N5O3. The van der Waals surface area contributed by atoms with E-state index in [0.717, 1.165) is 22.6 Å². The summed E-state index contributed by atoms with van der Waals surface area (Å²) in [7, 11) is 1.94. The molecule has 3 aromatic rings. The van der Waals surface area contributed by atoms with Gasteiger partial charge in [0.15, 0.2) is 6.61 Å². The van der Waals surface area contributed by atoms with Gasteiger partial charge in [-0.3, -0.25) is 9.69 Å². The minimum absolute atomic E-state index is 0.0250. The van der Waals surface area contributed by atoms with Crippen molar-refractivity contribution in [3.63, 3.8) is 0 Å². The smallest absolute Gasteiger partial charge is 0.262 e. The average molecular weight is 367 g/mol. The summed E-state index contributed by atoms with van der Waals surface area (Å²) in [5.74, 6) is 0.468. The van der Waals surface area contributed by atoms with Gasteiger partial charge < -0.3 is 25.3 Å². The largest absolute Gasteiger partial charge is 0.482 e. The van der Waals surface area contributed by atoms with Gasteiger partial charge in [0.05, 0.1) is 23.7 Å². The summed E-state index contributed by atoms with van der Waals surface area (Å²) >= 11 is 0. The zero-order chi connectivity index (χ0) is 19.0. The maximum atomic E-state index is 11.6. The predicted molar refractivity (Wildman–Crippen MR) is 103 cm³/mol. The van der Waals surface area contributed by atoms with Gasteiger partial charge in [-0.25, -0.2) is 4.98 Å². The molecule has 0 unspecified atom stereocenters. The highest BCUT2D eigenvalue weighted by molar-refractivity contribution is 5.96. The van der Waals surface area contributed by atoms with Crippen molar-refractivity contribution in [2.24, 2.45) is 0 Å². The Kier molecular flexibility index (Phi) is 4.43. The number of imidazole rings is 1. The van der Waals surface area contributed by atoms with Crippen LogP contribution < -0.4 is 15.8 Å². The number of aliphatic hydroxyl groups is 1. The number of nitrogens with one attached hydrogen (secondary N) is 1. The first-order valence-corrected chi connectivity index (χ1v) is 8.68. The van der Waals surface area contributed by atoms with E-state index in [1.54, 1.807) is 0 Å². The molecule has 0 radical (unpaired) electrons. The Labute approximate surface area is 156 Å². The second kappa shape index (κ2) is 6.90. The maximum Gasteiger partial charge on any atom is 0.262 e. The van der Waals surface area contributed by atoms with Crippen LogP contribution in [-0.2, 0) is 11.3 Å². The number of nitrogens with zero attached hydrogens (tertiary/aromatic N) is 3. The van der Waals surface area contributed by atoms with Crippen molar-refractivity contribution in [1.29, 1.82) is 0 Å². The van der Waals surface area contributed by atoms with Crippen molar-refractivity contribution in [3.8, 4) is 17.0 Å². The molecule has 0 atom stereocenters. The molecule has 27 heavy (non-hydrogen) atoms. The van der Waals surface area contributed by atoms with Crippen molar-refractivity contribution in [3.05, 3.63) is 42.2 Å². The van der Waals surface area contributed by atoms with E-state index in [2.05, 4.69) is 5.32 Å². The van der Waals surface area contributed by atoms with E-state index in [9.17, 15) is 9.90 Å². The van der Waals surface area contributed by atoms with Gasteiger partial charge in [-0.05, 0) is 37.4 Å². The Morgan fingerprint density at radius 2 is 2.22 bits per heavy atom. The van der Waals surface area contributed by atoms with Crippen LogP contribution in [0.1, 0.15) is 5.69 Å². The lowest BCUT2D eigenvalue weighted by atomic mass is 10.1. The molecule has 0 spiro atoms. The summed E-state index contributed by atoms with van der Waals surface area (Å²) in [6, 6.07) is 9.32. The van der Waals surface area contributed by atoms with Crippen LogP contribution in [0.4, 0.5) is 11.4 Å². The van der Waals surface area contributed by atoms with Crippen LogP contribution in [0.3, 0.4) is 0 Å². The van der Waals surface area contributed by atoms with Crippen LogP contribution in [0.15, 0.2) is 36.5 Å². The molecule has 8 heteroatoms. The summed E-state index contributed by atoms with van der Waals surface area (Å²) in [6.45, 7) is 1.23. The molecule has 8 nitrogen and oxygen atoms in total. The second-order valence-electron chi connectivity index (χ2n) is 6.61. The molecule has 0 saturated carbocycles.